The Balaban J connectivity index is 0.00000225. The van der Waals surface area contributed by atoms with Crippen LogP contribution >= 0.6 is 12.4 Å². The van der Waals surface area contributed by atoms with Gasteiger partial charge in [-0.05, 0) is 32.9 Å². The fraction of sp³-hybridized carbons (Fsp3) is 0.421. The molecule has 0 radical (unpaired) electrons. The Bertz CT molecular complexity index is 1010. The van der Waals surface area contributed by atoms with Crippen molar-refractivity contribution in [3.63, 3.8) is 0 Å². The number of halogens is 1. The van der Waals surface area contributed by atoms with E-state index in [0.717, 1.165) is 17.1 Å². The number of nitrogens with zero attached hydrogens (tertiary/aromatic N) is 2. The summed E-state index contributed by atoms with van der Waals surface area (Å²) in [5.74, 6) is 1.24. The number of nitrogens with one attached hydrogen (secondary N) is 2. The number of rotatable bonds is 4. The monoisotopic (exact) mass is 406 g/mol. The molecule has 3 aromatic rings. The topological polar surface area (TPSA) is 113 Å². The number of amides is 1. The van der Waals surface area contributed by atoms with E-state index in [1.807, 2.05) is 19.9 Å². The van der Waals surface area contributed by atoms with Crippen molar-refractivity contribution in [3.8, 4) is 11.3 Å². The predicted octanol–water partition coefficient (Wildman–Crippen LogP) is 2.14. The first-order valence-corrected chi connectivity index (χ1v) is 8.95. The Kier molecular flexibility index (Phi) is 5.74. The van der Waals surface area contributed by atoms with E-state index in [-0.39, 0.29) is 24.2 Å². The minimum absolute atomic E-state index is 0. The molecule has 4 rings (SSSR count). The molecule has 1 amide bonds. The molecule has 9 heteroatoms. The number of aliphatic hydroxyl groups is 1. The maximum Gasteiger partial charge on any atom is 0.259 e. The summed E-state index contributed by atoms with van der Waals surface area (Å²) in [5.41, 5.74) is 2.79. The van der Waals surface area contributed by atoms with Crippen molar-refractivity contribution >= 4 is 29.4 Å². The average Bonchev–Trinajstić information content (AvgIpc) is 3.31. The zero-order chi connectivity index (χ0) is 19.1. The van der Waals surface area contributed by atoms with Gasteiger partial charge in [0.25, 0.3) is 11.6 Å². The highest BCUT2D eigenvalue weighted by Crippen LogP contribution is 2.30. The Morgan fingerprint density at radius 3 is 2.75 bits per heavy atom. The van der Waals surface area contributed by atoms with E-state index in [1.54, 1.807) is 13.0 Å². The number of carbonyl (C=O) groups is 1. The van der Waals surface area contributed by atoms with Crippen LogP contribution in [0.2, 0.25) is 0 Å². The fourth-order valence-electron chi connectivity index (χ4n) is 3.54. The molecule has 2 atom stereocenters. The van der Waals surface area contributed by atoms with E-state index >= 15 is 0 Å². The largest absolute Gasteiger partial charge is 0.466 e. The number of fused-ring (bicyclic) bond motifs is 1. The van der Waals surface area contributed by atoms with Crippen LogP contribution in [0.25, 0.3) is 22.4 Å². The summed E-state index contributed by atoms with van der Waals surface area (Å²) in [6, 6.07) is 3.62. The van der Waals surface area contributed by atoms with Crippen molar-refractivity contribution in [2.75, 3.05) is 19.6 Å². The van der Waals surface area contributed by atoms with Gasteiger partial charge in [0.2, 0.25) is 0 Å². The number of aromatic nitrogens is 2. The molecule has 3 N–H and O–H groups in total. The molecule has 1 saturated heterocycles. The summed E-state index contributed by atoms with van der Waals surface area (Å²) >= 11 is 0. The maximum atomic E-state index is 12.9. The highest BCUT2D eigenvalue weighted by atomic mass is 35.5. The van der Waals surface area contributed by atoms with Gasteiger partial charge in [0, 0.05) is 31.1 Å². The van der Waals surface area contributed by atoms with E-state index in [2.05, 4.69) is 20.8 Å². The number of aryl methyl sites for hydroxylation is 3. The molecule has 2 unspecified atom stereocenters. The molecule has 150 valence electrons. The van der Waals surface area contributed by atoms with E-state index < -0.39 is 6.10 Å². The first kappa shape index (κ1) is 20.3. The van der Waals surface area contributed by atoms with E-state index in [9.17, 15) is 9.90 Å². The summed E-state index contributed by atoms with van der Waals surface area (Å²) in [6.07, 6.45) is -0.452. The van der Waals surface area contributed by atoms with Crippen molar-refractivity contribution in [3.05, 3.63) is 34.9 Å². The minimum atomic E-state index is -0.452. The first-order chi connectivity index (χ1) is 12.9. The molecule has 8 nitrogen and oxygen atoms in total. The highest BCUT2D eigenvalue weighted by molar-refractivity contribution is 6.07. The smallest absolute Gasteiger partial charge is 0.259 e. The number of furan rings is 1. The number of hydrogen-bond acceptors (Lipinski definition) is 7. The van der Waals surface area contributed by atoms with Gasteiger partial charge in [0.15, 0.2) is 0 Å². The Hall–Kier alpha value is -2.42. The van der Waals surface area contributed by atoms with E-state index in [0.29, 0.717) is 47.7 Å². The lowest BCUT2D eigenvalue weighted by Gasteiger charge is -2.14. The molecule has 4 heterocycles. The molecule has 0 spiro atoms. The molecule has 1 aliphatic heterocycles. The van der Waals surface area contributed by atoms with Gasteiger partial charge in [-0.1, -0.05) is 5.16 Å². The number of pyridine rings is 1. The Morgan fingerprint density at radius 1 is 1.32 bits per heavy atom. The summed E-state index contributed by atoms with van der Waals surface area (Å²) in [4.78, 5) is 17.4. The van der Waals surface area contributed by atoms with Crippen LogP contribution in [0.3, 0.4) is 0 Å². The van der Waals surface area contributed by atoms with E-state index in [4.69, 9.17) is 8.94 Å². The number of β-amino-alcohol motifs (C(OH)–C–C–N with tert-alkyl or cyclic N) is 1. The maximum absolute atomic E-state index is 12.9. The minimum Gasteiger partial charge on any atom is -0.466 e. The van der Waals surface area contributed by atoms with Gasteiger partial charge in [-0.15, -0.1) is 12.4 Å². The normalized spacial score (nSPS) is 19.0. The molecular formula is C19H23ClN4O4. The predicted molar refractivity (Wildman–Crippen MR) is 106 cm³/mol. The summed E-state index contributed by atoms with van der Waals surface area (Å²) < 4.78 is 10.9. The molecular weight excluding hydrogens is 384 g/mol. The molecule has 0 aromatic carbocycles. The Morgan fingerprint density at radius 2 is 2.11 bits per heavy atom. The quantitative estimate of drug-likeness (QED) is 0.608. The van der Waals surface area contributed by atoms with Gasteiger partial charge in [0.1, 0.15) is 11.5 Å². The summed E-state index contributed by atoms with van der Waals surface area (Å²) in [7, 11) is 0. The standard InChI is InChI=1S/C19H22N4O4.ClH/c1-9-4-13(11(3)26-9)15-5-14(17-10(2)23-27-19(17)22-15)18(25)21-7-12-6-20-8-16(12)24;/h4-5,12,16,20,24H,6-8H2,1-3H3,(H,21,25);1H. The van der Waals surface area contributed by atoms with Crippen molar-refractivity contribution in [2.24, 2.45) is 5.92 Å². The van der Waals surface area contributed by atoms with Crippen molar-refractivity contribution < 1.29 is 18.8 Å². The molecule has 0 bridgehead atoms. The van der Waals surface area contributed by atoms with Crippen LogP contribution in [-0.2, 0) is 0 Å². The van der Waals surface area contributed by atoms with Gasteiger partial charge >= 0.3 is 0 Å². The fourth-order valence-corrected chi connectivity index (χ4v) is 3.54. The lowest BCUT2D eigenvalue weighted by molar-refractivity contribution is 0.0928. The van der Waals surface area contributed by atoms with Crippen LogP contribution in [0.4, 0.5) is 0 Å². The van der Waals surface area contributed by atoms with Crippen LogP contribution in [0.5, 0.6) is 0 Å². The van der Waals surface area contributed by atoms with E-state index in [1.165, 1.54) is 0 Å². The average molecular weight is 407 g/mol. The second-order valence-corrected chi connectivity index (χ2v) is 7.03. The van der Waals surface area contributed by atoms with Gasteiger partial charge in [0.05, 0.1) is 28.4 Å². The summed E-state index contributed by atoms with van der Waals surface area (Å²) in [5, 5.41) is 20.5. The molecule has 1 aliphatic rings. The first-order valence-electron chi connectivity index (χ1n) is 8.95. The van der Waals surface area contributed by atoms with Crippen LogP contribution in [0, 0.1) is 26.7 Å². The SMILES string of the molecule is Cc1cc(-c2cc(C(=O)NCC3CNCC3O)c3c(C)noc3n2)c(C)o1.Cl. The van der Waals surface area contributed by atoms with Crippen LogP contribution < -0.4 is 10.6 Å². The third kappa shape index (κ3) is 3.63. The zero-order valence-electron chi connectivity index (χ0n) is 15.9. The third-order valence-corrected chi connectivity index (χ3v) is 5.01. The van der Waals surface area contributed by atoms with Crippen LogP contribution in [-0.4, -0.2) is 46.9 Å². The van der Waals surface area contributed by atoms with Gasteiger partial charge < -0.3 is 24.7 Å². The molecule has 0 aliphatic carbocycles. The second-order valence-electron chi connectivity index (χ2n) is 7.03. The molecule has 0 saturated carbocycles. The van der Waals surface area contributed by atoms with Crippen molar-refractivity contribution in [1.82, 2.24) is 20.8 Å². The van der Waals surface area contributed by atoms with Gasteiger partial charge in [-0.2, -0.15) is 0 Å². The highest BCUT2D eigenvalue weighted by Gasteiger charge is 2.26. The van der Waals surface area contributed by atoms with Gasteiger partial charge in [-0.3, -0.25) is 4.79 Å². The number of hydrogen-bond donors (Lipinski definition) is 3. The summed E-state index contributed by atoms with van der Waals surface area (Å²) in [6.45, 7) is 7.12. The van der Waals surface area contributed by atoms with Crippen LogP contribution in [0.15, 0.2) is 21.1 Å². The van der Waals surface area contributed by atoms with Crippen molar-refractivity contribution in [2.45, 2.75) is 26.9 Å². The van der Waals surface area contributed by atoms with Crippen LogP contribution in [0.1, 0.15) is 27.6 Å². The molecule has 3 aromatic heterocycles. The Labute approximate surface area is 168 Å². The molecule has 1 fully saturated rings. The number of aliphatic hydroxyl groups excluding tert-OH is 1. The van der Waals surface area contributed by atoms with Crippen molar-refractivity contribution in [1.29, 1.82) is 0 Å². The zero-order valence-corrected chi connectivity index (χ0v) is 16.7. The van der Waals surface area contributed by atoms with Gasteiger partial charge in [-0.25, -0.2) is 4.98 Å². The third-order valence-electron chi connectivity index (χ3n) is 5.01. The number of carbonyl (C=O) groups excluding carboxylic acids is 1. The molecule has 28 heavy (non-hydrogen) atoms. The lowest BCUT2D eigenvalue weighted by Crippen LogP contribution is -2.34. The lowest BCUT2D eigenvalue weighted by atomic mass is 10.0. The second kappa shape index (κ2) is 7.90.